The summed E-state index contributed by atoms with van der Waals surface area (Å²) in [5, 5.41) is -1.16. The molecular formula is C16H26O8S2. The molecular weight excluding hydrogens is 384 g/mol. The van der Waals surface area contributed by atoms with E-state index < -0.39 is 53.6 Å². The Morgan fingerprint density at radius 1 is 0.615 bits per heavy atom. The first-order valence-corrected chi connectivity index (χ1v) is 12.5. The van der Waals surface area contributed by atoms with Gasteiger partial charge in [-0.1, -0.05) is 38.5 Å². The van der Waals surface area contributed by atoms with E-state index in [1.54, 1.807) is 0 Å². The smallest absolute Gasteiger partial charge is 0.246 e. The van der Waals surface area contributed by atoms with Crippen LogP contribution in [0.4, 0.5) is 0 Å². The molecule has 0 amide bonds. The van der Waals surface area contributed by atoms with Gasteiger partial charge in [0.2, 0.25) is 0 Å². The van der Waals surface area contributed by atoms with Gasteiger partial charge in [-0.15, -0.1) is 0 Å². The largest absolute Gasteiger partial charge is 0.370 e. The molecule has 0 heterocycles. The quantitative estimate of drug-likeness (QED) is 0.477. The molecule has 0 atom stereocenters. The number of sulfone groups is 2. The van der Waals surface area contributed by atoms with Crippen LogP contribution in [0.25, 0.3) is 0 Å². The summed E-state index contributed by atoms with van der Waals surface area (Å²) >= 11 is 0. The molecule has 0 aromatic rings. The van der Waals surface area contributed by atoms with Crippen LogP contribution in [0.2, 0.25) is 0 Å². The van der Waals surface area contributed by atoms with Gasteiger partial charge in [-0.2, -0.15) is 0 Å². The SMILES string of the molecule is O=C(CS(=O)(=O)C1CCCCC1)OOC(=O)CS(=O)(=O)C1CCCCC1. The zero-order valence-electron chi connectivity index (χ0n) is 14.7. The van der Waals surface area contributed by atoms with E-state index in [2.05, 4.69) is 9.78 Å². The minimum Gasteiger partial charge on any atom is -0.246 e. The predicted octanol–water partition coefficient (Wildman–Crippen LogP) is 1.48. The van der Waals surface area contributed by atoms with Crippen molar-refractivity contribution in [1.29, 1.82) is 0 Å². The van der Waals surface area contributed by atoms with Crippen LogP contribution in [0.5, 0.6) is 0 Å². The molecule has 8 nitrogen and oxygen atoms in total. The van der Waals surface area contributed by atoms with E-state index in [-0.39, 0.29) is 0 Å². The molecule has 2 aliphatic carbocycles. The Kier molecular flexibility index (Phi) is 7.45. The van der Waals surface area contributed by atoms with Crippen molar-refractivity contribution < 1.29 is 36.2 Å². The zero-order chi connectivity index (χ0) is 19.2. The third-order valence-corrected chi connectivity index (χ3v) is 9.24. The van der Waals surface area contributed by atoms with Gasteiger partial charge in [-0.3, -0.25) is 0 Å². The molecule has 0 aliphatic heterocycles. The lowest BCUT2D eigenvalue weighted by Gasteiger charge is -2.21. The molecule has 0 spiro atoms. The van der Waals surface area contributed by atoms with Crippen molar-refractivity contribution in [2.24, 2.45) is 0 Å². The number of hydrogen-bond acceptors (Lipinski definition) is 8. The molecule has 2 aliphatic rings. The van der Waals surface area contributed by atoms with Gasteiger partial charge in [0, 0.05) is 0 Å². The van der Waals surface area contributed by atoms with Crippen LogP contribution in [-0.2, 0) is 39.0 Å². The van der Waals surface area contributed by atoms with Crippen molar-refractivity contribution in [3.63, 3.8) is 0 Å². The zero-order valence-corrected chi connectivity index (χ0v) is 16.4. The van der Waals surface area contributed by atoms with Gasteiger partial charge in [-0.25, -0.2) is 36.2 Å². The highest BCUT2D eigenvalue weighted by Crippen LogP contribution is 2.25. The average molecular weight is 411 g/mol. The Hall–Kier alpha value is -1.16. The standard InChI is InChI=1S/C16H26O8S2/c17-15(11-25(19,20)13-7-3-1-4-8-13)23-24-16(18)12-26(21,22)14-9-5-2-6-10-14/h13-14H,1-12H2. The summed E-state index contributed by atoms with van der Waals surface area (Å²) in [5.74, 6) is -4.17. The summed E-state index contributed by atoms with van der Waals surface area (Å²) in [4.78, 5) is 31.8. The molecule has 150 valence electrons. The fourth-order valence-corrected chi connectivity index (χ4v) is 6.88. The summed E-state index contributed by atoms with van der Waals surface area (Å²) in [6, 6.07) is 0. The van der Waals surface area contributed by atoms with Crippen molar-refractivity contribution >= 4 is 31.6 Å². The second kappa shape index (κ2) is 9.16. The summed E-state index contributed by atoms with van der Waals surface area (Å²) in [7, 11) is -7.33. The van der Waals surface area contributed by atoms with Crippen molar-refractivity contribution in [3.8, 4) is 0 Å². The first kappa shape index (κ1) is 21.1. The topological polar surface area (TPSA) is 121 Å². The molecule has 10 heteroatoms. The molecule has 2 saturated carbocycles. The molecule has 0 N–H and O–H groups in total. The third-order valence-electron chi connectivity index (χ3n) is 4.99. The monoisotopic (exact) mass is 410 g/mol. The maximum absolute atomic E-state index is 12.1. The second-order valence-corrected chi connectivity index (χ2v) is 11.6. The number of hydrogen-bond donors (Lipinski definition) is 0. The molecule has 0 aromatic carbocycles. The van der Waals surface area contributed by atoms with E-state index in [0.717, 1.165) is 38.5 Å². The lowest BCUT2D eigenvalue weighted by molar-refractivity contribution is -0.254. The number of rotatable bonds is 6. The molecule has 0 bridgehead atoms. The van der Waals surface area contributed by atoms with Crippen molar-refractivity contribution in [3.05, 3.63) is 0 Å². The van der Waals surface area contributed by atoms with Gasteiger partial charge in [0.25, 0.3) is 0 Å². The fraction of sp³-hybridized carbons (Fsp3) is 0.875. The van der Waals surface area contributed by atoms with Crippen molar-refractivity contribution in [2.45, 2.75) is 74.7 Å². The Morgan fingerprint density at radius 2 is 0.923 bits per heavy atom. The number of carbonyl (C=O) groups is 2. The molecule has 0 saturated heterocycles. The van der Waals surface area contributed by atoms with Crippen LogP contribution >= 0.6 is 0 Å². The van der Waals surface area contributed by atoms with E-state index in [0.29, 0.717) is 25.7 Å². The van der Waals surface area contributed by atoms with Crippen molar-refractivity contribution in [1.82, 2.24) is 0 Å². The summed E-state index contributed by atoms with van der Waals surface area (Å²) in [6.45, 7) is 0. The lowest BCUT2D eigenvalue weighted by atomic mass is 10.0. The molecule has 2 fully saturated rings. The minimum atomic E-state index is -3.67. The second-order valence-electron chi connectivity index (χ2n) is 7.05. The highest BCUT2D eigenvalue weighted by Gasteiger charge is 2.33. The average Bonchev–Trinajstić information content (AvgIpc) is 2.61. The van der Waals surface area contributed by atoms with Gasteiger partial charge < -0.3 is 0 Å². The van der Waals surface area contributed by atoms with Crippen LogP contribution in [0.1, 0.15) is 64.2 Å². The predicted molar refractivity (Wildman–Crippen MR) is 93.5 cm³/mol. The van der Waals surface area contributed by atoms with Gasteiger partial charge in [-0.05, 0) is 25.7 Å². The van der Waals surface area contributed by atoms with Crippen LogP contribution in [-0.4, -0.2) is 50.8 Å². The Labute approximate surface area is 154 Å². The van der Waals surface area contributed by atoms with E-state index in [4.69, 9.17) is 0 Å². The van der Waals surface area contributed by atoms with Crippen LogP contribution in [0, 0.1) is 0 Å². The molecule has 0 aromatic heterocycles. The van der Waals surface area contributed by atoms with Crippen LogP contribution in [0.3, 0.4) is 0 Å². The van der Waals surface area contributed by atoms with E-state index in [9.17, 15) is 26.4 Å². The van der Waals surface area contributed by atoms with E-state index in [1.807, 2.05) is 0 Å². The minimum absolute atomic E-state index is 0.509. The summed E-state index contributed by atoms with van der Waals surface area (Å²) < 4.78 is 48.6. The van der Waals surface area contributed by atoms with Crippen LogP contribution in [0.15, 0.2) is 0 Å². The fourth-order valence-electron chi connectivity index (χ4n) is 3.55. The molecule has 2 rings (SSSR count). The first-order valence-electron chi connectivity index (χ1n) is 9.04. The van der Waals surface area contributed by atoms with Gasteiger partial charge in [0.05, 0.1) is 10.5 Å². The van der Waals surface area contributed by atoms with Gasteiger partial charge >= 0.3 is 11.9 Å². The summed E-state index contributed by atoms with van der Waals surface area (Å²) in [5.41, 5.74) is 0. The normalized spacial score (nSPS) is 20.5. The number of carbonyl (C=O) groups excluding carboxylic acids is 2. The molecule has 26 heavy (non-hydrogen) atoms. The van der Waals surface area contributed by atoms with E-state index in [1.165, 1.54) is 0 Å². The highest BCUT2D eigenvalue weighted by molar-refractivity contribution is 7.93. The van der Waals surface area contributed by atoms with E-state index >= 15 is 0 Å². The lowest BCUT2D eigenvalue weighted by Crippen LogP contribution is -2.33. The summed E-state index contributed by atoms with van der Waals surface area (Å²) in [6.07, 6.45) is 7.18. The maximum atomic E-state index is 12.1. The third kappa shape index (κ3) is 6.22. The van der Waals surface area contributed by atoms with Gasteiger partial charge in [0.15, 0.2) is 31.2 Å². The first-order chi connectivity index (χ1) is 12.2. The van der Waals surface area contributed by atoms with Crippen LogP contribution < -0.4 is 0 Å². The molecule has 0 unspecified atom stereocenters. The van der Waals surface area contributed by atoms with Crippen molar-refractivity contribution in [2.75, 3.05) is 11.5 Å². The maximum Gasteiger partial charge on any atom is 0.370 e. The highest BCUT2D eigenvalue weighted by atomic mass is 32.2. The molecule has 0 radical (unpaired) electrons. The Bertz CT molecular complexity index is 637. The Morgan fingerprint density at radius 3 is 1.23 bits per heavy atom. The Balaban J connectivity index is 1.78. The van der Waals surface area contributed by atoms with Gasteiger partial charge in [0.1, 0.15) is 0 Å².